The van der Waals surface area contributed by atoms with E-state index in [1.165, 1.54) is 28.3 Å². The topological polar surface area (TPSA) is 86.8 Å². The fourth-order valence-electron chi connectivity index (χ4n) is 3.12. The molecule has 30 heavy (non-hydrogen) atoms. The molecule has 1 N–H and O–H groups in total. The second-order valence-electron chi connectivity index (χ2n) is 6.42. The number of methoxy groups -OCH3 is 3. The van der Waals surface area contributed by atoms with E-state index >= 15 is 0 Å². The normalized spacial score (nSPS) is 10.3. The first-order valence-corrected chi connectivity index (χ1v) is 9.15. The summed E-state index contributed by atoms with van der Waals surface area (Å²) in [6, 6.07) is 12.2. The Balaban J connectivity index is 2.15. The number of anilines is 1. The number of benzene rings is 2. The third kappa shape index (κ3) is 4.25. The van der Waals surface area contributed by atoms with Crippen molar-refractivity contribution in [1.82, 2.24) is 4.98 Å². The van der Waals surface area contributed by atoms with Gasteiger partial charge < -0.3 is 19.5 Å². The smallest absolute Gasteiger partial charge is 0.221 e. The molecule has 0 unspecified atom stereocenters. The fraction of sp³-hybridized carbons (Fsp3) is 0.174. The van der Waals surface area contributed by atoms with Gasteiger partial charge in [-0.05, 0) is 47.5 Å². The Morgan fingerprint density at radius 1 is 0.833 bits per heavy atom. The number of aromatic nitrogens is 1. The van der Waals surface area contributed by atoms with Gasteiger partial charge in [0, 0.05) is 30.4 Å². The lowest BCUT2D eigenvalue weighted by atomic mass is 9.96. The maximum absolute atomic E-state index is 13.5. The van der Waals surface area contributed by atoms with E-state index in [0.29, 0.717) is 34.1 Å². The summed E-state index contributed by atoms with van der Waals surface area (Å²) >= 11 is 0. The minimum Gasteiger partial charge on any atom is -0.493 e. The molecule has 1 heterocycles. The molecule has 3 rings (SSSR count). The number of amides is 1. The average molecular weight is 406 g/mol. The van der Waals surface area contributed by atoms with Crippen LogP contribution in [0.2, 0.25) is 0 Å². The van der Waals surface area contributed by atoms with E-state index in [1.807, 2.05) is 18.2 Å². The lowest BCUT2D eigenvalue weighted by Crippen LogP contribution is -2.12. The van der Waals surface area contributed by atoms with Crippen LogP contribution in [-0.4, -0.2) is 38.0 Å². The van der Waals surface area contributed by atoms with Gasteiger partial charge in [-0.3, -0.25) is 14.6 Å². The minimum atomic E-state index is -0.297. The van der Waals surface area contributed by atoms with Crippen LogP contribution >= 0.6 is 0 Å². The maximum Gasteiger partial charge on any atom is 0.221 e. The minimum absolute atomic E-state index is 0.273. The van der Waals surface area contributed by atoms with Gasteiger partial charge in [0.05, 0.1) is 27.0 Å². The van der Waals surface area contributed by atoms with Crippen LogP contribution in [0.15, 0.2) is 54.9 Å². The molecule has 1 amide bonds. The standard InChI is InChI=1S/C23H22N2O5/c1-14(26)25-19-6-5-16(15-7-9-24-10-8-15)11-18(19)22(27)17-12-20(28-2)23(30-4)21(13-17)29-3/h5-13H,1-4H3,(H,25,26). The zero-order valence-electron chi connectivity index (χ0n) is 17.2. The Labute approximate surface area is 174 Å². The molecule has 0 aliphatic carbocycles. The second kappa shape index (κ2) is 9.09. The third-order valence-electron chi connectivity index (χ3n) is 4.52. The van der Waals surface area contributed by atoms with Crippen molar-refractivity contribution >= 4 is 17.4 Å². The van der Waals surface area contributed by atoms with Crippen LogP contribution in [0, 0.1) is 0 Å². The summed E-state index contributed by atoms with van der Waals surface area (Å²) in [4.78, 5) is 29.2. The molecule has 0 atom stereocenters. The molecule has 0 aliphatic rings. The van der Waals surface area contributed by atoms with Crippen LogP contribution < -0.4 is 19.5 Å². The molecule has 0 radical (unpaired) electrons. The number of ketones is 1. The second-order valence-corrected chi connectivity index (χ2v) is 6.42. The molecule has 0 spiro atoms. The number of ether oxygens (including phenoxy) is 3. The molecule has 0 fully saturated rings. The Kier molecular flexibility index (Phi) is 6.32. The maximum atomic E-state index is 13.5. The van der Waals surface area contributed by atoms with E-state index in [4.69, 9.17) is 14.2 Å². The van der Waals surface area contributed by atoms with Crippen molar-refractivity contribution in [2.45, 2.75) is 6.92 Å². The number of hydrogen-bond donors (Lipinski definition) is 1. The van der Waals surface area contributed by atoms with Gasteiger partial charge in [-0.2, -0.15) is 0 Å². The molecular formula is C23H22N2O5. The summed E-state index contributed by atoms with van der Waals surface area (Å²) in [6.07, 6.45) is 3.36. The first-order chi connectivity index (χ1) is 14.5. The van der Waals surface area contributed by atoms with E-state index in [9.17, 15) is 9.59 Å². The van der Waals surface area contributed by atoms with E-state index in [1.54, 1.807) is 36.7 Å². The van der Waals surface area contributed by atoms with Crippen molar-refractivity contribution in [2.75, 3.05) is 26.6 Å². The quantitative estimate of drug-likeness (QED) is 0.598. The SMILES string of the molecule is COc1cc(C(=O)c2cc(-c3ccncc3)ccc2NC(C)=O)cc(OC)c1OC. The van der Waals surface area contributed by atoms with Crippen molar-refractivity contribution in [3.05, 3.63) is 66.0 Å². The zero-order valence-corrected chi connectivity index (χ0v) is 17.2. The summed E-state index contributed by atoms with van der Waals surface area (Å²) < 4.78 is 16.0. The Morgan fingerprint density at radius 2 is 1.47 bits per heavy atom. The molecule has 0 saturated carbocycles. The molecular weight excluding hydrogens is 384 g/mol. The predicted octanol–water partition coefficient (Wildman–Crippen LogP) is 3.96. The van der Waals surface area contributed by atoms with E-state index in [0.717, 1.165) is 11.1 Å². The van der Waals surface area contributed by atoms with Gasteiger partial charge in [0.1, 0.15) is 0 Å². The van der Waals surface area contributed by atoms with Gasteiger partial charge in [0.25, 0.3) is 0 Å². The highest BCUT2D eigenvalue weighted by molar-refractivity contribution is 6.14. The highest BCUT2D eigenvalue weighted by Crippen LogP contribution is 2.39. The third-order valence-corrected chi connectivity index (χ3v) is 4.52. The van der Waals surface area contributed by atoms with Crippen LogP contribution in [0.25, 0.3) is 11.1 Å². The summed E-state index contributed by atoms with van der Waals surface area (Å²) in [5.41, 5.74) is 2.82. The number of carbonyl (C=O) groups excluding carboxylic acids is 2. The average Bonchev–Trinajstić information content (AvgIpc) is 2.78. The monoisotopic (exact) mass is 406 g/mol. The van der Waals surface area contributed by atoms with E-state index in [-0.39, 0.29) is 11.7 Å². The van der Waals surface area contributed by atoms with Crippen LogP contribution in [0.5, 0.6) is 17.2 Å². The van der Waals surface area contributed by atoms with Gasteiger partial charge in [-0.1, -0.05) is 6.07 Å². The number of nitrogens with one attached hydrogen (secondary N) is 1. The summed E-state index contributed by atoms with van der Waals surface area (Å²) in [5.74, 6) is 0.557. The fourth-order valence-corrected chi connectivity index (χ4v) is 3.12. The molecule has 2 aromatic carbocycles. The largest absolute Gasteiger partial charge is 0.493 e. The molecule has 0 saturated heterocycles. The molecule has 3 aromatic rings. The highest BCUT2D eigenvalue weighted by Gasteiger charge is 2.21. The van der Waals surface area contributed by atoms with Gasteiger partial charge in [0.15, 0.2) is 17.3 Å². The molecule has 7 heteroatoms. The summed E-state index contributed by atoms with van der Waals surface area (Å²) in [7, 11) is 4.46. The van der Waals surface area contributed by atoms with Crippen molar-refractivity contribution < 1.29 is 23.8 Å². The number of carbonyl (C=O) groups is 2. The van der Waals surface area contributed by atoms with Gasteiger partial charge >= 0.3 is 0 Å². The Hall–Kier alpha value is -3.87. The van der Waals surface area contributed by atoms with Crippen LogP contribution in [-0.2, 0) is 4.79 Å². The van der Waals surface area contributed by atoms with Crippen molar-refractivity contribution in [3.8, 4) is 28.4 Å². The molecule has 1 aromatic heterocycles. The van der Waals surface area contributed by atoms with Crippen molar-refractivity contribution in [2.24, 2.45) is 0 Å². The van der Waals surface area contributed by atoms with E-state index in [2.05, 4.69) is 10.3 Å². The Bertz CT molecular complexity index is 1060. The first-order valence-electron chi connectivity index (χ1n) is 9.15. The van der Waals surface area contributed by atoms with Crippen LogP contribution in [0.1, 0.15) is 22.8 Å². The number of pyridine rings is 1. The molecule has 7 nitrogen and oxygen atoms in total. The van der Waals surface area contributed by atoms with Crippen LogP contribution in [0.3, 0.4) is 0 Å². The van der Waals surface area contributed by atoms with E-state index < -0.39 is 0 Å². The lowest BCUT2D eigenvalue weighted by molar-refractivity contribution is -0.114. The van der Waals surface area contributed by atoms with Gasteiger partial charge in [0.2, 0.25) is 11.7 Å². The van der Waals surface area contributed by atoms with Crippen molar-refractivity contribution in [1.29, 1.82) is 0 Å². The molecule has 0 bridgehead atoms. The summed E-state index contributed by atoms with van der Waals surface area (Å²) in [5, 5.41) is 2.72. The predicted molar refractivity (Wildman–Crippen MR) is 114 cm³/mol. The Morgan fingerprint density at radius 3 is 2.00 bits per heavy atom. The lowest BCUT2D eigenvalue weighted by Gasteiger charge is -2.15. The van der Waals surface area contributed by atoms with Crippen LogP contribution in [0.4, 0.5) is 5.69 Å². The van der Waals surface area contributed by atoms with Crippen molar-refractivity contribution in [3.63, 3.8) is 0 Å². The molecule has 0 aliphatic heterocycles. The first kappa shape index (κ1) is 20.9. The molecule has 154 valence electrons. The summed E-state index contributed by atoms with van der Waals surface area (Å²) in [6.45, 7) is 1.39. The zero-order chi connectivity index (χ0) is 21.7. The number of hydrogen-bond acceptors (Lipinski definition) is 6. The number of nitrogens with zero attached hydrogens (tertiary/aromatic N) is 1. The number of rotatable bonds is 7. The van der Waals surface area contributed by atoms with Gasteiger partial charge in [-0.15, -0.1) is 0 Å². The highest BCUT2D eigenvalue weighted by atomic mass is 16.5. The van der Waals surface area contributed by atoms with Gasteiger partial charge in [-0.25, -0.2) is 0 Å².